The molecule has 2 heterocycles. The van der Waals surface area contributed by atoms with Crippen molar-refractivity contribution in [1.29, 1.82) is 0 Å². The van der Waals surface area contributed by atoms with Gasteiger partial charge in [0.2, 0.25) is 0 Å². The topological polar surface area (TPSA) is 24.8 Å². The second-order valence-electron chi connectivity index (χ2n) is 5.94. The molecule has 0 aromatic heterocycles. The summed E-state index contributed by atoms with van der Waals surface area (Å²) in [5.74, 6) is 3.77. The molecule has 1 fully saturated rings. The predicted octanol–water partition coefficient (Wildman–Crippen LogP) is 4.09. The largest absolute Gasteiger partial charge is 0.497 e. The highest BCUT2D eigenvalue weighted by molar-refractivity contribution is 7.98. The van der Waals surface area contributed by atoms with Crippen molar-refractivity contribution in [1.82, 2.24) is 4.90 Å². The standard InChI is InChI=1S/C18H20N2OS/c1-21-16-7-6-13-11-15(5-4-14(13)12-16)17-3-2-8-20-9-10-22-19-18(17)20/h4-7,11-12,17H,2-3,8-10H2,1H3. The van der Waals surface area contributed by atoms with Crippen molar-refractivity contribution < 1.29 is 4.74 Å². The van der Waals surface area contributed by atoms with Crippen LogP contribution in [0.15, 0.2) is 40.8 Å². The van der Waals surface area contributed by atoms with Gasteiger partial charge in [0, 0.05) is 24.8 Å². The number of nitrogens with zero attached hydrogens (tertiary/aromatic N) is 2. The van der Waals surface area contributed by atoms with Gasteiger partial charge in [0.25, 0.3) is 0 Å². The van der Waals surface area contributed by atoms with E-state index in [4.69, 9.17) is 9.13 Å². The molecule has 2 aromatic carbocycles. The molecule has 4 heteroatoms. The molecule has 2 aliphatic heterocycles. The van der Waals surface area contributed by atoms with E-state index in [-0.39, 0.29) is 0 Å². The van der Waals surface area contributed by atoms with Crippen LogP contribution in [0.3, 0.4) is 0 Å². The molecule has 22 heavy (non-hydrogen) atoms. The summed E-state index contributed by atoms with van der Waals surface area (Å²) in [7, 11) is 1.71. The molecule has 4 rings (SSSR count). The summed E-state index contributed by atoms with van der Waals surface area (Å²) in [6, 6.07) is 13.1. The molecular weight excluding hydrogens is 292 g/mol. The average Bonchev–Trinajstić information content (AvgIpc) is 2.60. The average molecular weight is 312 g/mol. The molecule has 1 atom stereocenters. The Balaban J connectivity index is 1.72. The first-order valence-corrected chi connectivity index (χ1v) is 8.82. The predicted molar refractivity (Wildman–Crippen MR) is 93.9 cm³/mol. The number of amidine groups is 1. The van der Waals surface area contributed by atoms with Crippen molar-refractivity contribution in [2.24, 2.45) is 4.40 Å². The maximum atomic E-state index is 5.31. The van der Waals surface area contributed by atoms with E-state index in [0.29, 0.717) is 5.92 Å². The smallest absolute Gasteiger partial charge is 0.120 e. The zero-order valence-corrected chi connectivity index (χ0v) is 13.6. The van der Waals surface area contributed by atoms with Crippen LogP contribution in [0, 0.1) is 0 Å². The van der Waals surface area contributed by atoms with E-state index < -0.39 is 0 Å². The Morgan fingerprint density at radius 2 is 2.00 bits per heavy atom. The van der Waals surface area contributed by atoms with Crippen molar-refractivity contribution in [3.63, 3.8) is 0 Å². The SMILES string of the molecule is COc1ccc2cc(C3CCCN4CCSN=C34)ccc2c1. The van der Waals surface area contributed by atoms with Gasteiger partial charge in [-0.1, -0.05) is 24.3 Å². The molecule has 1 unspecified atom stereocenters. The Labute approximate surface area is 135 Å². The van der Waals surface area contributed by atoms with E-state index in [1.165, 1.54) is 41.6 Å². The molecule has 2 aromatic rings. The second-order valence-corrected chi connectivity index (χ2v) is 6.79. The minimum absolute atomic E-state index is 0.452. The summed E-state index contributed by atoms with van der Waals surface area (Å²) in [6.45, 7) is 2.31. The Hall–Kier alpha value is -1.68. The third kappa shape index (κ3) is 2.45. The highest BCUT2D eigenvalue weighted by Crippen LogP contribution is 2.34. The molecule has 3 nitrogen and oxygen atoms in total. The Kier molecular flexibility index (Phi) is 3.70. The number of benzene rings is 2. The third-order valence-corrected chi connectivity index (χ3v) is 5.32. The van der Waals surface area contributed by atoms with E-state index in [1.807, 2.05) is 6.07 Å². The lowest BCUT2D eigenvalue weighted by molar-refractivity contribution is 0.371. The fourth-order valence-corrected chi connectivity index (χ4v) is 4.23. The molecule has 114 valence electrons. The maximum absolute atomic E-state index is 5.31. The van der Waals surface area contributed by atoms with Gasteiger partial charge < -0.3 is 9.64 Å². The van der Waals surface area contributed by atoms with Gasteiger partial charge in [-0.25, -0.2) is 4.40 Å². The number of hydrogen-bond donors (Lipinski definition) is 0. The minimum atomic E-state index is 0.452. The van der Waals surface area contributed by atoms with Gasteiger partial charge in [0.05, 0.1) is 7.11 Å². The maximum Gasteiger partial charge on any atom is 0.120 e. The number of fused-ring (bicyclic) bond motifs is 2. The molecule has 2 aliphatic rings. The molecule has 0 amide bonds. The lowest BCUT2D eigenvalue weighted by atomic mass is 9.88. The van der Waals surface area contributed by atoms with Gasteiger partial charge in [0.1, 0.15) is 11.6 Å². The summed E-state index contributed by atoms with van der Waals surface area (Å²) in [4.78, 5) is 2.48. The number of ether oxygens (including phenoxy) is 1. The Morgan fingerprint density at radius 1 is 1.14 bits per heavy atom. The zero-order valence-electron chi connectivity index (χ0n) is 12.8. The monoisotopic (exact) mass is 312 g/mol. The van der Waals surface area contributed by atoms with Crippen molar-refractivity contribution in [2.75, 3.05) is 26.0 Å². The number of hydrogen-bond acceptors (Lipinski definition) is 4. The van der Waals surface area contributed by atoms with E-state index in [2.05, 4.69) is 35.2 Å². The third-order valence-electron chi connectivity index (χ3n) is 4.64. The van der Waals surface area contributed by atoms with Gasteiger partial charge in [0.15, 0.2) is 0 Å². The first-order chi connectivity index (χ1) is 10.8. The fraction of sp³-hybridized carbons (Fsp3) is 0.389. The van der Waals surface area contributed by atoms with Crippen LogP contribution in [0.1, 0.15) is 24.3 Å². The number of rotatable bonds is 2. The molecule has 0 saturated carbocycles. The first-order valence-electron chi connectivity index (χ1n) is 7.87. The quantitative estimate of drug-likeness (QED) is 0.781. The first kappa shape index (κ1) is 13.9. The lowest BCUT2D eigenvalue weighted by Crippen LogP contribution is -2.42. The molecule has 0 spiro atoms. The fourth-order valence-electron chi connectivity index (χ4n) is 3.46. The molecule has 0 radical (unpaired) electrons. The van der Waals surface area contributed by atoms with Gasteiger partial charge in [-0.3, -0.25) is 0 Å². The van der Waals surface area contributed by atoms with E-state index in [1.54, 1.807) is 19.1 Å². The van der Waals surface area contributed by atoms with Gasteiger partial charge >= 0.3 is 0 Å². The van der Waals surface area contributed by atoms with Crippen molar-refractivity contribution in [2.45, 2.75) is 18.8 Å². The zero-order chi connectivity index (χ0) is 14.9. The molecule has 0 bridgehead atoms. The molecule has 1 saturated heterocycles. The van der Waals surface area contributed by atoms with E-state index in [0.717, 1.165) is 18.0 Å². The van der Waals surface area contributed by atoms with Gasteiger partial charge in [-0.2, -0.15) is 0 Å². The molecule has 0 aliphatic carbocycles. The molecular formula is C18H20N2OS. The van der Waals surface area contributed by atoms with Gasteiger partial charge in [-0.15, -0.1) is 0 Å². The Morgan fingerprint density at radius 3 is 2.91 bits per heavy atom. The van der Waals surface area contributed by atoms with Gasteiger partial charge in [-0.05, 0) is 53.3 Å². The number of methoxy groups -OCH3 is 1. The normalized spacial score (nSPS) is 21.4. The number of piperidine rings is 1. The minimum Gasteiger partial charge on any atom is -0.497 e. The second kappa shape index (κ2) is 5.84. The van der Waals surface area contributed by atoms with Crippen LogP contribution >= 0.6 is 11.9 Å². The molecule has 0 N–H and O–H groups in total. The highest BCUT2D eigenvalue weighted by atomic mass is 32.2. The van der Waals surface area contributed by atoms with Crippen LogP contribution in [0.2, 0.25) is 0 Å². The van der Waals surface area contributed by atoms with Crippen LogP contribution in [-0.4, -0.2) is 36.7 Å². The van der Waals surface area contributed by atoms with Crippen molar-refractivity contribution >= 4 is 28.6 Å². The van der Waals surface area contributed by atoms with Crippen LogP contribution in [0.4, 0.5) is 0 Å². The summed E-state index contributed by atoms with van der Waals surface area (Å²) in [5.41, 5.74) is 1.39. The highest BCUT2D eigenvalue weighted by Gasteiger charge is 2.29. The lowest BCUT2D eigenvalue weighted by Gasteiger charge is -2.37. The van der Waals surface area contributed by atoms with Crippen LogP contribution in [0.5, 0.6) is 5.75 Å². The van der Waals surface area contributed by atoms with Crippen LogP contribution in [-0.2, 0) is 0 Å². The summed E-state index contributed by atoms with van der Waals surface area (Å²) in [6.07, 6.45) is 2.46. The van der Waals surface area contributed by atoms with Crippen molar-refractivity contribution in [3.8, 4) is 5.75 Å². The summed E-state index contributed by atoms with van der Waals surface area (Å²) < 4.78 is 10.1. The van der Waals surface area contributed by atoms with Crippen molar-refractivity contribution in [3.05, 3.63) is 42.0 Å². The van der Waals surface area contributed by atoms with E-state index in [9.17, 15) is 0 Å². The summed E-state index contributed by atoms with van der Waals surface area (Å²) >= 11 is 1.72. The van der Waals surface area contributed by atoms with Crippen LogP contribution < -0.4 is 4.74 Å². The van der Waals surface area contributed by atoms with E-state index >= 15 is 0 Å². The Bertz CT molecular complexity index is 728. The summed E-state index contributed by atoms with van der Waals surface area (Å²) in [5, 5.41) is 2.51. The van der Waals surface area contributed by atoms with Crippen LogP contribution in [0.25, 0.3) is 10.8 Å².